The van der Waals surface area contributed by atoms with E-state index in [1.54, 1.807) is 13.8 Å². The third kappa shape index (κ3) is 5.47. The third-order valence-electron chi connectivity index (χ3n) is 4.21. The van der Waals surface area contributed by atoms with Gasteiger partial charge in [-0.2, -0.15) is 0 Å². The molecule has 1 aliphatic rings. The van der Waals surface area contributed by atoms with Gasteiger partial charge in [0.2, 0.25) is 0 Å². The lowest BCUT2D eigenvalue weighted by Crippen LogP contribution is -2.38. The van der Waals surface area contributed by atoms with E-state index in [9.17, 15) is 9.59 Å². The zero-order chi connectivity index (χ0) is 16.4. The van der Waals surface area contributed by atoms with Crippen molar-refractivity contribution in [1.29, 1.82) is 0 Å². The average Bonchev–Trinajstić information content (AvgIpc) is 2.51. The summed E-state index contributed by atoms with van der Waals surface area (Å²) in [5.41, 5.74) is 0. The Balaban J connectivity index is 2.78. The summed E-state index contributed by atoms with van der Waals surface area (Å²) in [6.07, 6.45) is 10.2. The largest absolute Gasteiger partial charge is 0.466 e. The first-order chi connectivity index (χ1) is 10.7. The van der Waals surface area contributed by atoms with Crippen LogP contribution in [0.15, 0.2) is 12.2 Å². The summed E-state index contributed by atoms with van der Waals surface area (Å²) < 4.78 is 10.4. The Morgan fingerprint density at radius 1 is 1.00 bits per heavy atom. The van der Waals surface area contributed by atoms with Crippen LogP contribution in [0.5, 0.6) is 0 Å². The normalized spacial score (nSPS) is 24.0. The second-order valence-corrected chi connectivity index (χ2v) is 5.81. The van der Waals surface area contributed by atoms with Gasteiger partial charge in [-0.25, -0.2) is 0 Å². The molecule has 0 aliphatic heterocycles. The van der Waals surface area contributed by atoms with Gasteiger partial charge < -0.3 is 9.47 Å². The molecule has 22 heavy (non-hydrogen) atoms. The van der Waals surface area contributed by atoms with Crippen molar-refractivity contribution in [3.8, 4) is 0 Å². The Labute approximate surface area is 134 Å². The molecule has 1 aliphatic carbocycles. The predicted molar refractivity (Wildman–Crippen MR) is 86.3 cm³/mol. The molecule has 3 atom stereocenters. The summed E-state index contributed by atoms with van der Waals surface area (Å²) in [6, 6.07) is 0. The Bertz CT molecular complexity index is 375. The number of hydrogen-bond acceptors (Lipinski definition) is 4. The van der Waals surface area contributed by atoms with Crippen LogP contribution in [-0.4, -0.2) is 25.2 Å². The van der Waals surface area contributed by atoms with Crippen molar-refractivity contribution < 1.29 is 19.1 Å². The molecule has 0 amide bonds. The van der Waals surface area contributed by atoms with Crippen LogP contribution < -0.4 is 0 Å². The van der Waals surface area contributed by atoms with Crippen molar-refractivity contribution in [3.63, 3.8) is 0 Å². The van der Waals surface area contributed by atoms with Gasteiger partial charge in [-0.3, -0.25) is 9.59 Å². The predicted octanol–water partition coefficient (Wildman–Crippen LogP) is 3.89. The van der Waals surface area contributed by atoms with Gasteiger partial charge in [0.15, 0.2) is 0 Å². The monoisotopic (exact) mass is 310 g/mol. The maximum Gasteiger partial charge on any atom is 0.310 e. The van der Waals surface area contributed by atoms with Crippen molar-refractivity contribution in [2.45, 2.75) is 59.3 Å². The molecule has 0 saturated heterocycles. The molecular weight excluding hydrogens is 280 g/mol. The molecule has 4 nitrogen and oxygen atoms in total. The first kappa shape index (κ1) is 18.7. The van der Waals surface area contributed by atoms with Crippen molar-refractivity contribution in [2.24, 2.45) is 17.8 Å². The van der Waals surface area contributed by atoms with Gasteiger partial charge in [-0.15, -0.1) is 0 Å². The highest BCUT2D eigenvalue weighted by Crippen LogP contribution is 2.35. The summed E-state index contributed by atoms with van der Waals surface area (Å²) >= 11 is 0. The molecule has 4 heteroatoms. The smallest absolute Gasteiger partial charge is 0.310 e. The van der Waals surface area contributed by atoms with Gasteiger partial charge in [0.05, 0.1) is 25.0 Å². The molecule has 0 fully saturated rings. The summed E-state index contributed by atoms with van der Waals surface area (Å²) in [4.78, 5) is 24.5. The topological polar surface area (TPSA) is 52.6 Å². The van der Waals surface area contributed by atoms with Crippen LogP contribution in [0, 0.1) is 17.8 Å². The van der Waals surface area contributed by atoms with Crippen LogP contribution in [0.3, 0.4) is 0 Å². The first-order valence-electron chi connectivity index (χ1n) is 8.65. The number of esters is 2. The molecule has 0 spiro atoms. The number of unbranched alkanes of at least 4 members (excludes halogenated alkanes) is 3. The summed E-state index contributed by atoms with van der Waals surface area (Å²) in [7, 11) is 0. The fourth-order valence-corrected chi connectivity index (χ4v) is 3.12. The maximum absolute atomic E-state index is 12.4. The standard InChI is InChI=1S/C18H30O4/c1-4-7-8-9-11-14-12-10-13-15(17(19)21-5-2)16(14)18(20)22-6-3/h10,12,14-16H,4-9,11,13H2,1-3H3. The molecule has 0 heterocycles. The Kier molecular flexibility index (Phi) is 8.86. The zero-order valence-electron chi connectivity index (χ0n) is 14.2. The number of carbonyl (C=O) groups is 2. The van der Waals surface area contributed by atoms with Crippen LogP contribution in [0.4, 0.5) is 0 Å². The molecule has 126 valence electrons. The second-order valence-electron chi connectivity index (χ2n) is 5.81. The van der Waals surface area contributed by atoms with E-state index in [4.69, 9.17) is 9.47 Å². The van der Waals surface area contributed by atoms with Crippen LogP contribution >= 0.6 is 0 Å². The van der Waals surface area contributed by atoms with Gasteiger partial charge in [-0.05, 0) is 32.6 Å². The van der Waals surface area contributed by atoms with Crippen LogP contribution in [0.1, 0.15) is 59.3 Å². The first-order valence-corrected chi connectivity index (χ1v) is 8.65. The Hall–Kier alpha value is -1.32. The SMILES string of the molecule is CCCCCCC1C=CCC(C(=O)OCC)C1C(=O)OCC. The summed E-state index contributed by atoms with van der Waals surface area (Å²) in [6.45, 7) is 6.45. The van der Waals surface area contributed by atoms with E-state index >= 15 is 0 Å². The average molecular weight is 310 g/mol. The van der Waals surface area contributed by atoms with E-state index in [1.807, 2.05) is 6.08 Å². The highest BCUT2D eigenvalue weighted by Gasteiger charge is 2.41. The lowest BCUT2D eigenvalue weighted by Gasteiger charge is -2.31. The van der Waals surface area contributed by atoms with Gasteiger partial charge in [0.1, 0.15) is 0 Å². The van der Waals surface area contributed by atoms with E-state index in [-0.39, 0.29) is 17.9 Å². The van der Waals surface area contributed by atoms with Crippen molar-refractivity contribution in [3.05, 3.63) is 12.2 Å². The summed E-state index contributed by atoms with van der Waals surface area (Å²) in [5, 5.41) is 0. The minimum absolute atomic E-state index is 0.0825. The van der Waals surface area contributed by atoms with E-state index in [0.29, 0.717) is 19.6 Å². The molecule has 0 saturated carbocycles. The fourth-order valence-electron chi connectivity index (χ4n) is 3.12. The van der Waals surface area contributed by atoms with Crippen LogP contribution in [0.25, 0.3) is 0 Å². The third-order valence-corrected chi connectivity index (χ3v) is 4.21. The van der Waals surface area contributed by atoms with Gasteiger partial charge in [0, 0.05) is 0 Å². The number of carbonyl (C=O) groups excluding carboxylic acids is 2. The lowest BCUT2D eigenvalue weighted by atomic mass is 9.73. The highest BCUT2D eigenvalue weighted by atomic mass is 16.5. The van der Waals surface area contributed by atoms with Gasteiger partial charge in [0.25, 0.3) is 0 Å². The van der Waals surface area contributed by atoms with Crippen molar-refractivity contribution in [2.75, 3.05) is 13.2 Å². The molecule has 1 rings (SSSR count). The molecule has 0 aromatic heterocycles. The van der Waals surface area contributed by atoms with E-state index < -0.39 is 11.8 Å². The quantitative estimate of drug-likeness (QED) is 0.368. The lowest BCUT2D eigenvalue weighted by molar-refractivity contribution is -0.162. The Morgan fingerprint density at radius 2 is 1.68 bits per heavy atom. The Morgan fingerprint density at radius 3 is 2.32 bits per heavy atom. The maximum atomic E-state index is 12.4. The molecule has 0 aromatic rings. The van der Waals surface area contributed by atoms with E-state index in [0.717, 1.165) is 12.8 Å². The number of ether oxygens (including phenoxy) is 2. The molecule has 0 radical (unpaired) electrons. The van der Waals surface area contributed by atoms with E-state index in [2.05, 4.69) is 13.0 Å². The van der Waals surface area contributed by atoms with Crippen molar-refractivity contribution in [1.82, 2.24) is 0 Å². The molecule has 0 N–H and O–H groups in total. The minimum Gasteiger partial charge on any atom is -0.466 e. The summed E-state index contributed by atoms with van der Waals surface area (Å²) in [5.74, 6) is -1.25. The number of hydrogen-bond donors (Lipinski definition) is 0. The fraction of sp³-hybridized carbons (Fsp3) is 0.778. The van der Waals surface area contributed by atoms with Crippen LogP contribution in [0.2, 0.25) is 0 Å². The second kappa shape index (κ2) is 10.4. The van der Waals surface area contributed by atoms with Gasteiger partial charge in [-0.1, -0.05) is 44.8 Å². The molecular formula is C18H30O4. The molecule has 0 aromatic carbocycles. The van der Waals surface area contributed by atoms with Crippen molar-refractivity contribution >= 4 is 11.9 Å². The number of allylic oxidation sites excluding steroid dienone is 2. The molecule has 0 bridgehead atoms. The molecule has 3 unspecified atom stereocenters. The van der Waals surface area contributed by atoms with Gasteiger partial charge >= 0.3 is 11.9 Å². The van der Waals surface area contributed by atoms with E-state index in [1.165, 1.54) is 19.3 Å². The highest BCUT2D eigenvalue weighted by molar-refractivity contribution is 5.83. The zero-order valence-corrected chi connectivity index (χ0v) is 14.2. The minimum atomic E-state index is -0.403. The number of rotatable bonds is 9. The van der Waals surface area contributed by atoms with Crippen LogP contribution in [-0.2, 0) is 19.1 Å².